The Balaban J connectivity index is 1.67. The van der Waals surface area contributed by atoms with Crippen LogP contribution in [0.15, 0.2) is 47.0 Å². The van der Waals surface area contributed by atoms with Crippen molar-refractivity contribution in [2.24, 2.45) is 0 Å². The zero-order chi connectivity index (χ0) is 16.9. The summed E-state index contributed by atoms with van der Waals surface area (Å²) in [4.78, 5) is 18.5. The molecule has 0 bridgehead atoms. The maximum Gasteiger partial charge on any atom is 0.406 e. The number of hydrogen-bond acceptors (Lipinski definition) is 7. The van der Waals surface area contributed by atoms with Gasteiger partial charge in [-0.1, -0.05) is 35.5 Å². The lowest BCUT2D eigenvalue weighted by atomic mass is 10.1. The van der Waals surface area contributed by atoms with Crippen molar-refractivity contribution in [1.29, 1.82) is 0 Å². The number of hydrogen-bond donors (Lipinski definition) is 0. The van der Waals surface area contributed by atoms with Crippen LogP contribution in [0.1, 0.15) is 23.0 Å². The maximum atomic E-state index is 11.0. The molecule has 0 radical (unpaired) electrons. The Hall–Kier alpha value is -3.29. The van der Waals surface area contributed by atoms with E-state index in [9.17, 15) is 10.1 Å². The van der Waals surface area contributed by atoms with Gasteiger partial charge in [0.05, 0.1) is 0 Å². The number of aryl methyl sites for hydroxylation is 1. The quantitative estimate of drug-likeness (QED) is 0.506. The van der Waals surface area contributed by atoms with Crippen LogP contribution in [0.3, 0.4) is 0 Å². The van der Waals surface area contributed by atoms with Crippen LogP contribution in [0, 0.1) is 17.0 Å². The first-order chi connectivity index (χ1) is 11.6. The van der Waals surface area contributed by atoms with Crippen LogP contribution in [0.2, 0.25) is 0 Å². The molecule has 8 heteroatoms. The second-order valence-corrected chi connectivity index (χ2v) is 5.09. The van der Waals surface area contributed by atoms with Gasteiger partial charge in [-0.05, 0) is 27.6 Å². The van der Waals surface area contributed by atoms with E-state index in [4.69, 9.17) is 9.26 Å². The largest absolute Gasteiger partial charge is 0.476 e. The van der Waals surface area contributed by atoms with Crippen molar-refractivity contribution in [2.45, 2.75) is 20.0 Å². The molecule has 1 aromatic carbocycles. The average Bonchev–Trinajstić information content (AvgIpc) is 3.02. The number of pyridine rings is 1. The van der Waals surface area contributed by atoms with Gasteiger partial charge in [0.1, 0.15) is 5.69 Å². The lowest BCUT2D eigenvalue weighted by Crippen LogP contribution is -2.02. The second kappa shape index (κ2) is 6.86. The molecule has 0 amide bonds. The van der Waals surface area contributed by atoms with Crippen molar-refractivity contribution in [1.82, 2.24) is 15.1 Å². The first-order valence-corrected chi connectivity index (χ1v) is 7.22. The molecule has 0 aliphatic carbocycles. The number of nitro groups is 1. The Bertz CT molecular complexity index is 848. The van der Waals surface area contributed by atoms with E-state index in [-0.39, 0.29) is 24.1 Å². The van der Waals surface area contributed by atoms with Gasteiger partial charge in [-0.15, -0.1) is 0 Å². The first-order valence-electron chi connectivity index (χ1n) is 7.22. The molecule has 0 spiro atoms. The molecule has 2 heterocycles. The van der Waals surface area contributed by atoms with E-state index in [0.29, 0.717) is 17.9 Å². The molecule has 3 aromatic rings. The van der Waals surface area contributed by atoms with Crippen molar-refractivity contribution >= 4 is 5.82 Å². The summed E-state index contributed by atoms with van der Waals surface area (Å²) in [5.74, 6) is 0.500. The highest BCUT2D eigenvalue weighted by Gasteiger charge is 2.18. The Morgan fingerprint density at radius 2 is 1.96 bits per heavy atom. The summed E-state index contributed by atoms with van der Waals surface area (Å²) >= 11 is 0. The molecule has 24 heavy (non-hydrogen) atoms. The van der Waals surface area contributed by atoms with Crippen molar-refractivity contribution < 1.29 is 14.2 Å². The Morgan fingerprint density at radius 1 is 1.17 bits per heavy atom. The molecular formula is C16H14N4O4. The number of aromatic nitrogens is 3. The Morgan fingerprint density at radius 3 is 2.71 bits per heavy atom. The van der Waals surface area contributed by atoms with Gasteiger partial charge in [0.2, 0.25) is 5.75 Å². The van der Waals surface area contributed by atoms with Gasteiger partial charge < -0.3 is 19.4 Å². The SMILES string of the molecule is Cc1ccc(OCc2nc(Cc3ccccc3)no2)c([N+](=O)[O-])n1. The van der Waals surface area contributed by atoms with Gasteiger partial charge in [-0.25, -0.2) is 0 Å². The monoisotopic (exact) mass is 326 g/mol. The minimum atomic E-state index is -0.586. The Kier molecular flexibility index (Phi) is 4.46. The number of nitrogens with zero attached hydrogens (tertiary/aromatic N) is 4. The zero-order valence-corrected chi connectivity index (χ0v) is 12.9. The molecule has 0 saturated carbocycles. The molecule has 0 atom stereocenters. The smallest absolute Gasteiger partial charge is 0.406 e. The van der Waals surface area contributed by atoms with Gasteiger partial charge in [0.15, 0.2) is 12.4 Å². The van der Waals surface area contributed by atoms with E-state index in [2.05, 4.69) is 15.1 Å². The standard InChI is InChI=1S/C16H14N4O4/c1-11-7-8-13(16(17-11)20(21)22)23-10-15-18-14(19-24-15)9-12-5-3-2-4-6-12/h2-8H,9-10H2,1H3. The lowest BCUT2D eigenvalue weighted by Gasteiger charge is -2.03. The van der Waals surface area contributed by atoms with Gasteiger partial charge in [0.25, 0.3) is 5.89 Å². The number of benzene rings is 1. The van der Waals surface area contributed by atoms with Gasteiger partial charge in [0, 0.05) is 13.3 Å². The van der Waals surface area contributed by atoms with Crippen LogP contribution in [-0.2, 0) is 13.0 Å². The van der Waals surface area contributed by atoms with E-state index in [1.807, 2.05) is 30.3 Å². The summed E-state index contributed by atoms with van der Waals surface area (Å²) in [6.45, 7) is 1.61. The second-order valence-electron chi connectivity index (χ2n) is 5.09. The molecule has 122 valence electrons. The highest BCUT2D eigenvalue weighted by Crippen LogP contribution is 2.25. The summed E-state index contributed by atoms with van der Waals surface area (Å²) in [7, 11) is 0. The fraction of sp³-hybridized carbons (Fsp3) is 0.188. The molecule has 3 rings (SSSR count). The molecule has 2 aromatic heterocycles. The molecule has 8 nitrogen and oxygen atoms in total. The summed E-state index contributed by atoms with van der Waals surface area (Å²) in [6.07, 6.45) is 0.538. The summed E-state index contributed by atoms with van der Waals surface area (Å²) in [6, 6.07) is 12.9. The highest BCUT2D eigenvalue weighted by atomic mass is 16.6. The molecular weight excluding hydrogens is 312 g/mol. The van der Waals surface area contributed by atoms with E-state index in [0.717, 1.165) is 5.56 Å². The summed E-state index contributed by atoms with van der Waals surface area (Å²) in [5, 5.41) is 14.9. The normalized spacial score (nSPS) is 10.5. The predicted octanol–water partition coefficient (Wildman–Crippen LogP) is 2.85. The summed E-state index contributed by atoms with van der Waals surface area (Å²) in [5.41, 5.74) is 1.60. The molecule has 0 N–H and O–H groups in total. The van der Waals surface area contributed by atoms with E-state index >= 15 is 0 Å². The Labute approximate surface area is 137 Å². The number of ether oxygens (including phenoxy) is 1. The third kappa shape index (κ3) is 3.72. The van der Waals surface area contributed by atoms with Gasteiger partial charge >= 0.3 is 5.82 Å². The van der Waals surface area contributed by atoms with Gasteiger partial charge in [-0.2, -0.15) is 4.98 Å². The van der Waals surface area contributed by atoms with Crippen molar-refractivity contribution in [3.63, 3.8) is 0 Å². The third-order valence-electron chi connectivity index (χ3n) is 3.22. The molecule has 0 saturated heterocycles. The summed E-state index contributed by atoms with van der Waals surface area (Å²) < 4.78 is 10.5. The van der Waals surface area contributed by atoms with Crippen LogP contribution >= 0.6 is 0 Å². The van der Waals surface area contributed by atoms with Crippen LogP contribution in [0.25, 0.3) is 0 Å². The topological polar surface area (TPSA) is 104 Å². The zero-order valence-electron chi connectivity index (χ0n) is 12.9. The highest BCUT2D eigenvalue weighted by molar-refractivity contribution is 5.40. The molecule has 0 aliphatic heterocycles. The molecule has 0 aliphatic rings. The predicted molar refractivity (Wildman–Crippen MR) is 83.5 cm³/mol. The molecule has 0 unspecified atom stereocenters. The third-order valence-corrected chi connectivity index (χ3v) is 3.22. The van der Waals surface area contributed by atoms with Crippen molar-refractivity contribution in [3.8, 4) is 5.75 Å². The van der Waals surface area contributed by atoms with Crippen LogP contribution in [0.5, 0.6) is 5.75 Å². The van der Waals surface area contributed by atoms with Crippen LogP contribution in [0.4, 0.5) is 5.82 Å². The minimum Gasteiger partial charge on any atom is -0.476 e. The maximum absolute atomic E-state index is 11.0. The average molecular weight is 326 g/mol. The number of rotatable bonds is 6. The minimum absolute atomic E-state index is 0.0621. The molecule has 0 fully saturated rings. The van der Waals surface area contributed by atoms with E-state index in [1.165, 1.54) is 6.07 Å². The first kappa shape index (κ1) is 15.6. The fourth-order valence-corrected chi connectivity index (χ4v) is 2.11. The fourth-order valence-electron chi connectivity index (χ4n) is 2.11. The van der Waals surface area contributed by atoms with Crippen molar-refractivity contribution in [3.05, 3.63) is 75.6 Å². The van der Waals surface area contributed by atoms with Gasteiger partial charge in [-0.3, -0.25) is 0 Å². The van der Waals surface area contributed by atoms with E-state index in [1.54, 1.807) is 13.0 Å². The van der Waals surface area contributed by atoms with E-state index < -0.39 is 4.92 Å². The van der Waals surface area contributed by atoms with Crippen molar-refractivity contribution in [2.75, 3.05) is 0 Å². The lowest BCUT2D eigenvalue weighted by molar-refractivity contribution is -0.390. The van der Waals surface area contributed by atoms with Crippen LogP contribution < -0.4 is 4.74 Å². The van der Waals surface area contributed by atoms with Crippen LogP contribution in [-0.4, -0.2) is 20.0 Å².